The van der Waals surface area contributed by atoms with Gasteiger partial charge in [-0.3, -0.25) is 4.79 Å². The Hall–Kier alpha value is -1.31. The average molecular weight is 192 g/mol. The van der Waals surface area contributed by atoms with Gasteiger partial charge in [-0.15, -0.1) is 0 Å². The van der Waals surface area contributed by atoms with E-state index in [1.165, 1.54) is 31.2 Å². The lowest BCUT2D eigenvalue weighted by atomic mass is 9.81. The molecule has 76 valence electrons. The molecular weight excluding hydrogens is 176 g/mol. The standard InChI is InChI=1S/C11H14.CH2O2/c1-2-5-10(6-3-1)9-11-7-4-8-11;2-1-3/h1-3,5-6,11H,4,7-9H2;1H,(H,2,3). The summed E-state index contributed by atoms with van der Waals surface area (Å²) < 4.78 is 0. The molecule has 1 aromatic rings. The van der Waals surface area contributed by atoms with Crippen LogP contribution < -0.4 is 0 Å². The first kappa shape index (κ1) is 10.8. The zero-order valence-electron chi connectivity index (χ0n) is 8.23. The molecule has 0 aromatic heterocycles. The molecule has 1 fully saturated rings. The normalized spacial score (nSPS) is 14.9. The van der Waals surface area contributed by atoms with E-state index >= 15 is 0 Å². The Kier molecular flexibility index (Phi) is 4.76. The molecule has 2 rings (SSSR count). The Morgan fingerprint density at radius 3 is 2.29 bits per heavy atom. The average Bonchev–Trinajstić information content (AvgIpc) is 2.15. The topological polar surface area (TPSA) is 37.3 Å². The predicted molar refractivity (Wildman–Crippen MR) is 56.2 cm³/mol. The minimum Gasteiger partial charge on any atom is -0.483 e. The van der Waals surface area contributed by atoms with Crippen molar-refractivity contribution in [1.82, 2.24) is 0 Å². The monoisotopic (exact) mass is 192 g/mol. The summed E-state index contributed by atoms with van der Waals surface area (Å²) in [6.07, 6.45) is 5.67. The summed E-state index contributed by atoms with van der Waals surface area (Å²) in [5, 5.41) is 6.89. The van der Waals surface area contributed by atoms with Crippen LogP contribution in [0, 0.1) is 5.92 Å². The SMILES string of the molecule is O=CO.c1ccc(CC2CCC2)cc1. The van der Waals surface area contributed by atoms with Crippen LogP contribution in [0.2, 0.25) is 0 Å². The third-order valence-corrected chi connectivity index (χ3v) is 2.59. The van der Waals surface area contributed by atoms with E-state index in [9.17, 15) is 0 Å². The lowest BCUT2D eigenvalue weighted by molar-refractivity contribution is -0.122. The Labute approximate surface area is 84.6 Å². The van der Waals surface area contributed by atoms with Crippen molar-refractivity contribution < 1.29 is 9.90 Å². The van der Waals surface area contributed by atoms with Crippen LogP contribution in [-0.4, -0.2) is 11.6 Å². The van der Waals surface area contributed by atoms with Crippen molar-refractivity contribution in [1.29, 1.82) is 0 Å². The number of hydrogen-bond acceptors (Lipinski definition) is 1. The number of rotatable bonds is 2. The Morgan fingerprint density at radius 1 is 1.29 bits per heavy atom. The summed E-state index contributed by atoms with van der Waals surface area (Å²) in [7, 11) is 0. The maximum atomic E-state index is 8.36. The van der Waals surface area contributed by atoms with E-state index in [2.05, 4.69) is 30.3 Å². The van der Waals surface area contributed by atoms with Crippen LogP contribution in [0.5, 0.6) is 0 Å². The fraction of sp³-hybridized carbons (Fsp3) is 0.417. The fourth-order valence-electron chi connectivity index (χ4n) is 1.64. The quantitative estimate of drug-likeness (QED) is 0.731. The molecule has 14 heavy (non-hydrogen) atoms. The van der Waals surface area contributed by atoms with Crippen LogP contribution in [0.4, 0.5) is 0 Å². The van der Waals surface area contributed by atoms with Crippen molar-refractivity contribution in [3.05, 3.63) is 35.9 Å². The second-order valence-electron chi connectivity index (χ2n) is 3.59. The highest BCUT2D eigenvalue weighted by atomic mass is 16.3. The smallest absolute Gasteiger partial charge is 0.290 e. The van der Waals surface area contributed by atoms with E-state index < -0.39 is 0 Å². The summed E-state index contributed by atoms with van der Waals surface area (Å²) in [6.45, 7) is -0.250. The van der Waals surface area contributed by atoms with Gasteiger partial charge in [0.1, 0.15) is 0 Å². The van der Waals surface area contributed by atoms with Crippen molar-refractivity contribution in [2.75, 3.05) is 0 Å². The van der Waals surface area contributed by atoms with Crippen LogP contribution in [0.25, 0.3) is 0 Å². The molecule has 0 heterocycles. The first-order valence-electron chi connectivity index (χ1n) is 4.98. The molecule has 1 N–H and O–H groups in total. The van der Waals surface area contributed by atoms with Gasteiger partial charge in [0.25, 0.3) is 6.47 Å². The third-order valence-electron chi connectivity index (χ3n) is 2.59. The van der Waals surface area contributed by atoms with Crippen LogP contribution in [0.3, 0.4) is 0 Å². The van der Waals surface area contributed by atoms with E-state index in [0.717, 1.165) is 5.92 Å². The first-order valence-corrected chi connectivity index (χ1v) is 4.98. The van der Waals surface area contributed by atoms with Crippen LogP contribution >= 0.6 is 0 Å². The number of hydrogen-bond donors (Lipinski definition) is 1. The molecule has 2 nitrogen and oxygen atoms in total. The van der Waals surface area contributed by atoms with E-state index in [4.69, 9.17) is 9.90 Å². The summed E-state index contributed by atoms with van der Waals surface area (Å²) in [4.78, 5) is 8.36. The first-order chi connectivity index (χ1) is 6.86. The van der Waals surface area contributed by atoms with Crippen molar-refractivity contribution in [2.45, 2.75) is 25.7 Å². The third kappa shape index (κ3) is 3.60. The van der Waals surface area contributed by atoms with Crippen LogP contribution in [0.1, 0.15) is 24.8 Å². The van der Waals surface area contributed by atoms with Crippen molar-refractivity contribution >= 4 is 6.47 Å². The largest absolute Gasteiger partial charge is 0.483 e. The van der Waals surface area contributed by atoms with Gasteiger partial charge in [0.15, 0.2) is 0 Å². The molecule has 0 unspecified atom stereocenters. The Morgan fingerprint density at radius 2 is 1.86 bits per heavy atom. The molecule has 0 spiro atoms. The van der Waals surface area contributed by atoms with E-state index in [1.807, 2.05) is 0 Å². The van der Waals surface area contributed by atoms with Gasteiger partial charge >= 0.3 is 0 Å². The van der Waals surface area contributed by atoms with Gasteiger partial charge in [0.05, 0.1) is 0 Å². The summed E-state index contributed by atoms with van der Waals surface area (Å²) in [5.74, 6) is 0.998. The second kappa shape index (κ2) is 6.19. The molecule has 2 heteroatoms. The molecule has 0 saturated heterocycles. The summed E-state index contributed by atoms with van der Waals surface area (Å²) in [5.41, 5.74) is 1.51. The zero-order chi connectivity index (χ0) is 10.2. The van der Waals surface area contributed by atoms with Crippen molar-refractivity contribution in [3.8, 4) is 0 Å². The maximum Gasteiger partial charge on any atom is 0.290 e. The number of benzene rings is 1. The lowest BCUT2D eigenvalue weighted by Crippen LogP contribution is -2.13. The second-order valence-corrected chi connectivity index (χ2v) is 3.59. The summed E-state index contributed by atoms with van der Waals surface area (Å²) in [6, 6.07) is 10.8. The highest BCUT2D eigenvalue weighted by molar-refractivity contribution is 5.32. The minimum atomic E-state index is -0.250. The number of carbonyl (C=O) groups is 1. The van der Waals surface area contributed by atoms with Gasteiger partial charge in [-0.2, -0.15) is 0 Å². The van der Waals surface area contributed by atoms with Gasteiger partial charge < -0.3 is 5.11 Å². The van der Waals surface area contributed by atoms with Gasteiger partial charge in [-0.1, -0.05) is 49.6 Å². The van der Waals surface area contributed by atoms with Gasteiger partial charge in [0, 0.05) is 0 Å². The van der Waals surface area contributed by atoms with Gasteiger partial charge in [0.2, 0.25) is 0 Å². The van der Waals surface area contributed by atoms with Gasteiger partial charge in [-0.25, -0.2) is 0 Å². The molecule has 1 aliphatic rings. The Balaban J connectivity index is 0.000000293. The molecular formula is C12H16O2. The minimum absolute atomic E-state index is 0.250. The van der Waals surface area contributed by atoms with Crippen molar-refractivity contribution in [2.24, 2.45) is 5.92 Å². The molecule has 1 aliphatic carbocycles. The van der Waals surface area contributed by atoms with Crippen molar-refractivity contribution in [3.63, 3.8) is 0 Å². The lowest BCUT2D eigenvalue weighted by Gasteiger charge is -2.25. The maximum absolute atomic E-state index is 8.36. The van der Waals surface area contributed by atoms with E-state index in [-0.39, 0.29) is 6.47 Å². The zero-order valence-corrected chi connectivity index (χ0v) is 8.23. The molecule has 0 radical (unpaired) electrons. The number of carboxylic acid groups (broad SMARTS) is 1. The summed E-state index contributed by atoms with van der Waals surface area (Å²) >= 11 is 0. The predicted octanol–water partition coefficient (Wildman–Crippen LogP) is 2.73. The van der Waals surface area contributed by atoms with E-state index in [1.54, 1.807) is 0 Å². The molecule has 0 amide bonds. The highest BCUT2D eigenvalue weighted by Crippen LogP contribution is 2.29. The molecule has 0 bridgehead atoms. The molecule has 1 aromatic carbocycles. The van der Waals surface area contributed by atoms with Crippen LogP contribution in [-0.2, 0) is 11.2 Å². The highest BCUT2D eigenvalue weighted by Gasteiger charge is 2.16. The molecule has 0 atom stereocenters. The molecule has 1 saturated carbocycles. The van der Waals surface area contributed by atoms with Gasteiger partial charge in [-0.05, 0) is 17.9 Å². The van der Waals surface area contributed by atoms with Crippen LogP contribution in [0.15, 0.2) is 30.3 Å². The van der Waals surface area contributed by atoms with E-state index in [0.29, 0.717) is 0 Å². The Bertz CT molecular complexity index is 252. The fourth-order valence-corrected chi connectivity index (χ4v) is 1.64. The molecule has 0 aliphatic heterocycles.